The minimum absolute atomic E-state index is 0.00631. The number of benzene rings is 2. The summed E-state index contributed by atoms with van der Waals surface area (Å²) in [5.74, 6) is -0.540. The number of hydrogen-bond acceptors (Lipinski definition) is 3. The van der Waals surface area contributed by atoms with Crippen molar-refractivity contribution in [2.45, 2.75) is 38.8 Å². The van der Waals surface area contributed by atoms with Crippen molar-refractivity contribution in [1.82, 2.24) is 10.2 Å². The lowest BCUT2D eigenvalue weighted by molar-refractivity contribution is -0.129. The first-order chi connectivity index (χ1) is 13.9. The van der Waals surface area contributed by atoms with Gasteiger partial charge in [0, 0.05) is 12.2 Å². The zero-order valence-corrected chi connectivity index (χ0v) is 16.9. The molecule has 2 aromatic rings. The average molecular weight is 397 g/mol. The lowest BCUT2D eigenvalue weighted by Crippen LogP contribution is -2.51. The van der Waals surface area contributed by atoms with Crippen molar-refractivity contribution in [3.05, 3.63) is 66.0 Å². The van der Waals surface area contributed by atoms with Crippen LogP contribution in [-0.2, 0) is 9.59 Å². The van der Waals surface area contributed by atoms with Gasteiger partial charge < -0.3 is 10.6 Å². The van der Waals surface area contributed by atoms with Crippen LogP contribution in [-0.4, -0.2) is 35.8 Å². The quantitative estimate of drug-likeness (QED) is 0.781. The third-order valence-electron chi connectivity index (χ3n) is 5.52. The molecule has 29 heavy (non-hydrogen) atoms. The summed E-state index contributed by atoms with van der Waals surface area (Å²) in [4.78, 5) is 27.4. The molecule has 2 aromatic carbocycles. The normalized spacial score (nSPS) is 19.2. The SMILES string of the molecule is C[C@H](NC(=O)[C@H](C)N1CCC[C@@H](C(=O)Nc2ccccc2)C1)c1ccc(F)cc1. The Kier molecular flexibility index (Phi) is 6.99. The van der Waals surface area contributed by atoms with E-state index in [0.29, 0.717) is 6.54 Å². The summed E-state index contributed by atoms with van der Waals surface area (Å²) in [6.07, 6.45) is 1.69. The molecule has 1 aliphatic heterocycles. The molecule has 1 aliphatic rings. The Morgan fingerprint density at radius 3 is 2.45 bits per heavy atom. The van der Waals surface area contributed by atoms with Crippen LogP contribution in [0.2, 0.25) is 0 Å². The van der Waals surface area contributed by atoms with Gasteiger partial charge in [0.05, 0.1) is 18.0 Å². The van der Waals surface area contributed by atoms with Gasteiger partial charge in [-0.25, -0.2) is 4.39 Å². The smallest absolute Gasteiger partial charge is 0.237 e. The van der Waals surface area contributed by atoms with Gasteiger partial charge in [-0.05, 0) is 63.1 Å². The van der Waals surface area contributed by atoms with Gasteiger partial charge in [-0.3, -0.25) is 14.5 Å². The summed E-state index contributed by atoms with van der Waals surface area (Å²) in [5, 5.41) is 5.95. The third-order valence-corrected chi connectivity index (χ3v) is 5.52. The molecule has 0 unspecified atom stereocenters. The first-order valence-electron chi connectivity index (χ1n) is 10.1. The standard InChI is InChI=1S/C23H28FN3O2/c1-16(18-10-12-20(24)13-11-18)25-22(28)17(2)27-14-6-7-19(15-27)23(29)26-21-8-4-3-5-9-21/h3-5,8-13,16-17,19H,6-7,14-15H2,1-2H3,(H,25,28)(H,26,29)/t16-,17-,19+/m0/s1. The van der Waals surface area contributed by atoms with E-state index in [1.165, 1.54) is 12.1 Å². The number of rotatable bonds is 6. The number of nitrogens with zero attached hydrogens (tertiary/aromatic N) is 1. The number of hydrogen-bond donors (Lipinski definition) is 2. The van der Waals surface area contributed by atoms with Crippen molar-refractivity contribution >= 4 is 17.5 Å². The number of amides is 2. The predicted molar refractivity (Wildman–Crippen MR) is 112 cm³/mol. The fourth-order valence-corrected chi connectivity index (χ4v) is 3.67. The van der Waals surface area contributed by atoms with Crippen LogP contribution in [0.4, 0.5) is 10.1 Å². The van der Waals surface area contributed by atoms with Gasteiger partial charge in [-0.15, -0.1) is 0 Å². The second kappa shape index (κ2) is 9.65. The summed E-state index contributed by atoms with van der Waals surface area (Å²) >= 11 is 0. The monoisotopic (exact) mass is 397 g/mol. The highest BCUT2D eigenvalue weighted by molar-refractivity contribution is 5.92. The summed E-state index contributed by atoms with van der Waals surface area (Å²) in [7, 11) is 0. The van der Waals surface area contributed by atoms with E-state index in [0.717, 1.165) is 30.6 Å². The molecule has 154 valence electrons. The van der Waals surface area contributed by atoms with Gasteiger partial charge >= 0.3 is 0 Å². The molecule has 0 radical (unpaired) electrons. The molecule has 6 heteroatoms. The van der Waals surface area contributed by atoms with E-state index >= 15 is 0 Å². The van der Waals surface area contributed by atoms with Crippen molar-refractivity contribution < 1.29 is 14.0 Å². The van der Waals surface area contributed by atoms with Gasteiger partial charge in [0.15, 0.2) is 0 Å². The van der Waals surface area contributed by atoms with Crippen molar-refractivity contribution in [1.29, 1.82) is 0 Å². The molecule has 0 aliphatic carbocycles. The lowest BCUT2D eigenvalue weighted by Gasteiger charge is -2.35. The average Bonchev–Trinajstić information content (AvgIpc) is 2.74. The zero-order chi connectivity index (χ0) is 20.8. The van der Waals surface area contributed by atoms with Crippen LogP contribution < -0.4 is 10.6 Å². The Bertz CT molecular complexity index is 826. The molecular formula is C23H28FN3O2. The van der Waals surface area contributed by atoms with E-state index in [-0.39, 0.29) is 35.6 Å². The Morgan fingerprint density at radius 2 is 1.76 bits per heavy atom. The zero-order valence-electron chi connectivity index (χ0n) is 16.9. The highest BCUT2D eigenvalue weighted by Crippen LogP contribution is 2.21. The Balaban J connectivity index is 1.55. The number of para-hydroxylation sites is 1. The van der Waals surface area contributed by atoms with Crippen LogP contribution >= 0.6 is 0 Å². The van der Waals surface area contributed by atoms with Crippen molar-refractivity contribution in [3.8, 4) is 0 Å². The van der Waals surface area contributed by atoms with Gasteiger partial charge in [0.25, 0.3) is 0 Å². The minimum atomic E-state index is -0.342. The fraction of sp³-hybridized carbons (Fsp3) is 0.391. The number of halogens is 1. The molecule has 2 amide bonds. The number of carbonyl (C=O) groups is 2. The van der Waals surface area contributed by atoms with Gasteiger partial charge in [0.1, 0.15) is 5.82 Å². The second-order valence-electron chi connectivity index (χ2n) is 7.65. The Labute approximate surface area is 171 Å². The van der Waals surface area contributed by atoms with Gasteiger partial charge in [0.2, 0.25) is 11.8 Å². The molecule has 5 nitrogen and oxygen atoms in total. The predicted octanol–water partition coefficient (Wildman–Crippen LogP) is 3.74. The molecule has 0 aromatic heterocycles. The van der Waals surface area contributed by atoms with Crippen LogP contribution in [0, 0.1) is 11.7 Å². The molecule has 0 bridgehead atoms. The van der Waals surface area contributed by atoms with Crippen molar-refractivity contribution in [2.24, 2.45) is 5.92 Å². The number of likely N-dealkylation sites (tertiary alicyclic amines) is 1. The first-order valence-corrected chi connectivity index (χ1v) is 10.1. The molecule has 1 saturated heterocycles. The maximum absolute atomic E-state index is 13.1. The second-order valence-corrected chi connectivity index (χ2v) is 7.65. The third kappa shape index (κ3) is 5.64. The topological polar surface area (TPSA) is 61.4 Å². The largest absolute Gasteiger partial charge is 0.348 e. The minimum Gasteiger partial charge on any atom is -0.348 e. The van der Waals surface area contributed by atoms with Crippen LogP contribution in [0.25, 0.3) is 0 Å². The van der Waals surface area contributed by atoms with Crippen molar-refractivity contribution in [3.63, 3.8) is 0 Å². The Hall–Kier alpha value is -2.73. The van der Waals surface area contributed by atoms with Crippen LogP contribution in [0.1, 0.15) is 38.3 Å². The van der Waals surface area contributed by atoms with E-state index in [2.05, 4.69) is 15.5 Å². The van der Waals surface area contributed by atoms with Gasteiger partial charge in [-0.1, -0.05) is 30.3 Å². The highest BCUT2D eigenvalue weighted by atomic mass is 19.1. The summed E-state index contributed by atoms with van der Waals surface area (Å²) in [5.41, 5.74) is 1.64. The van der Waals surface area contributed by atoms with Gasteiger partial charge in [-0.2, -0.15) is 0 Å². The number of anilines is 1. The Morgan fingerprint density at radius 1 is 1.07 bits per heavy atom. The van der Waals surface area contributed by atoms with Crippen LogP contribution in [0.3, 0.4) is 0 Å². The molecule has 1 heterocycles. The van der Waals surface area contributed by atoms with E-state index in [9.17, 15) is 14.0 Å². The van der Waals surface area contributed by atoms with Crippen molar-refractivity contribution in [2.75, 3.05) is 18.4 Å². The molecule has 3 rings (SSSR count). The van der Waals surface area contributed by atoms with E-state index < -0.39 is 0 Å². The van der Waals surface area contributed by atoms with E-state index in [1.54, 1.807) is 12.1 Å². The molecule has 1 fully saturated rings. The molecule has 0 saturated carbocycles. The number of piperidine rings is 1. The lowest BCUT2D eigenvalue weighted by atomic mass is 9.95. The van der Waals surface area contributed by atoms with Crippen LogP contribution in [0.15, 0.2) is 54.6 Å². The van der Waals surface area contributed by atoms with Crippen LogP contribution in [0.5, 0.6) is 0 Å². The molecule has 0 spiro atoms. The fourth-order valence-electron chi connectivity index (χ4n) is 3.67. The maximum Gasteiger partial charge on any atom is 0.237 e. The summed E-state index contributed by atoms with van der Waals surface area (Å²) in [6, 6.07) is 15.0. The highest BCUT2D eigenvalue weighted by Gasteiger charge is 2.31. The van der Waals surface area contributed by atoms with E-state index in [4.69, 9.17) is 0 Å². The number of nitrogens with one attached hydrogen (secondary N) is 2. The molecule has 2 N–H and O–H groups in total. The summed E-state index contributed by atoms with van der Waals surface area (Å²) in [6.45, 7) is 5.08. The van der Waals surface area contributed by atoms with E-state index in [1.807, 2.05) is 44.2 Å². The summed E-state index contributed by atoms with van der Waals surface area (Å²) < 4.78 is 13.1. The first kappa shape index (κ1) is 21.0. The molecular weight excluding hydrogens is 369 g/mol. The maximum atomic E-state index is 13.1. The molecule has 3 atom stereocenters. The number of carbonyl (C=O) groups excluding carboxylic acids is 2.